The molecule has 1 aromatic heterocycles. The molecule has 1 rings (SSSR count). The first-order valence-electron chi connectivity index (χ1n) is 7.24. The van der Waals surface area contributed by atoms with Gasteiger partial charge in [0.25, 0.3) is 0 Å². The molecule has 3 N–H and O–H groups in total. The molecule has 5 heteroatoms. The van der Waals surface area contributed by atoms with E-state index in [0.29, 0.717) is 6.04 Å². The lowest BCUT2D eigenvalue weighted by atomic mass is 10.1. The third-order valence-electron chi connectivity index (χ3n) is 3.57. The molecule has 0 aromatic carbocycles. The first kappa shape index (κ1) is 16.1. The first-order valence-corrected chi connectivity index (χ1v) is 7.24. The fourth-order valence-corrected chi connectivity index (χ4v) is 2.32. The lowest BCUT2D eigenvalue weighted by molar-refractivity contribution is 0.188. The molecular weight excluding hydrogens is 240 g/mol. The maximum Gasteiger partial charge on any atom is 0.0640 e. The Balaban J connectivity index is 2.50. The van der Waals surface area contributed by atoms with Crippen LogP contribution >= 0.6 is 0 Å². The Morgan fingerprint density at radius 1 is 1.42 bits per heavy atom. The average molecular weight is 268 g/mol. The van der Waals surface area contributed by atoms with Gasteiger partial charge in [0.05, 0.1) is 11.7 Å². The van der Waals surface area contributed by atoms with E-state index in [1.807, 2.05) is 0 Å². The van der Waals surface area contributed by atoms with Crippen LogP contribution in [0.4, 0.5) is 0 Å². The van der Waals surface area contributed by atoms with Crippen molar-refractivity contribution in [2.24, 2.45) is 5.84 Å². The largest absolute Gasteiger partial charge is 0.385 e. The van der Waals surface area contributed by atoms with Gasteiger partial charge in [0.2, 0.25) is 0 Å². The minimum Gasteiger partial charge on any atom is -0.385 e. The zero-order valence-corrected chi connectivity index (χ0v) is 12.4. The predicted molar refractivity (Wildman–Crippen MR) is 77.8 cm³/mol. The summed E-state index contributed by atoms with van der Waals surface area (Å²) in [7, 11) is 1.72. The summed E-state index contributed by atoms with van der Waals surface area (Å²) in [4.78, 5) is 0. The molecule has 0 saturated heterocycles. The number of nitrogens with two attached hydrogens (primary N) is 1. The van der Waals surface area contributed by atoms with Gasteiger partial charge < -0.3 is 4.74 Å². The van der Waals surface area contributed by atoms with E-state index >= 15 is 0 Å². The fraction of sp³-hybridized carbons (Fsp3) is 0.786. The van der Waals surface area contributed by atoms with Crippen molar-refractivity contribution in [1.29, 1.82) is 0 Å². The van der Waals surface area contributed by atoms with Gasteiger partial charge in [-0.3, -0.25) is 16.0 Å². The van der Waals surface area contributed by atoms with Crippen LogP contribution in [0.3, 0.4) is 0 Å². The zero-order chi connectivity index (χ0) is 14.1. The van der Waals surface area contributed by atoms with Gasteiger partial charge in [-0.25, -0.2) is 0 Å². The van der Waals surface area contributed by atoms with E-state index in [2.05, 4.69) is 41.3 Å². The number of aromatic nitrogens is 2. The van der Waals surface area contributed by atoms with Gasteiger partial charge in [-0.2, -0.15) is 5.10 Å². The van der Waals surface area contributed by atoms with Crippen molar-refractivity contribution >= 4 is 0 Å². The highest BCUT2D eigenvalue weighted by Gasteiger charge is 2.12. The SMILES string of the molecule is CCC(CC)n1ccc(CC(CCCOC)NN)n1. The molecule has 0 saturated carbocycles. The lowest BCUT2D eigenvalue weighted by Gasteiger charge is -2.15. The van der Waals surface area contributed by atoms with Crippen LogP contribution in [0.15, 0.2) is 12.3 Å². The number of rotatable bonds is 10. The van der Waals surface area contributed by atoms with Gasteiger partial charge in [-0.05, 0) is 31.7 Å². The summed E-state index contributed by atoms with van der Waals surface area (Å²) >= 11 is 0. The van der Waals surface area contributed by atoms with Crippen LogP contribution < -0.4 is 11.3 Å². The smallest absolute Gasteiger partial charge is 0.0640 e. The van der Waals surface area contributed by atoms with Crippen molar-refractivity contribution in [3.8, 4) is 0 Å². The van der Waals surface area contributed by atoms with Crippen molar-refractivity contribution in [1.82, 2.24) is 15.2 Å². The topological polar surface area (TPSA) is 65.1 Å². The number of ether oxygens (including phenoxy) is 1. The van der Waals surface area contributed by atoms with E-state index in [4.69, 9.17) is 10.6 Å². The normalized spacial score (nSPS) is 13.1. The molecule has 1 unspecified atom stereocenters. The van der Waals surface area contributed by atoms with Gasteiger partial charge in [0, 0.05) is 32.4 Å². The molecule has 110 valence electrons. The first-order chi connectivity index (χ1) is 9.24. The minimum atomic E-state index is 0.264. The van der Waals surface area contributed by atoms with Crippen molar-refractivity contribution in [3.05, 3.63) is 18.0 Å². The Kier molecular flexibility index (Phi) is 7.70. The lowest BCUT2D eigenvalue weighted by Crippen LogP contribution is -2.37. The highest BCUT2D eigenvalue weighted by molar-refractivity contribution is 5.02. The molecule has 1 atom stereocenters. The Hall–Kier alpha value is -0.910. The van der Waals surface area contributed by atoms with Gasteiger partial charge in [-0.1, -0.05) is 13.8 Å². The molecule has 0 aliphatic heterocycles. The minimum absolute atomic E-state index is 0.264. The Morgan fingerprint density at radius 3 is 2.74 bits per heavy atom. The predicted octanol–water partition coefficient (Wildman–Crippen LogP) is 2.05. The maximum absolute atomic E-state index is 5.60. The standard InChI is InChI=1S/C14H28N4O/c1-4-14(5-2)18-9-8-13(17-18)11-12(16-15)7-6-10-19-3/h8-9,12,14,16H,4-7,10-11,15H2,1-3H3. The quantitative estimate of drug-likeness (QED) is 0.387. The van der Waals surface area contributed by atoms with Crippen molar-refractivity contribution < 1.29 is 4.74 Å². The Morgan fingerprint density at radius 2 is 2.16 bits per heavy atom. The van der Waals surface area contributed by atoms with Crippen LogP contribution in [-0.2, 0) is 11.2 Å². The maximum atomic E-state index is 5.60. The molecular formula is C14H28N4O. The molecule has 0 spiro atoms. The summed E-state index contributed by atoms with van der Waals surface area (Å²) in [5, 5.41) is 4.66. The molecule has 0 radical (unpaired) electrons. The molecule has 1 aromatic rings. The highest BCUT2D eigenvalue weighted by Crippen LogP contribution is 2.15. The van der Waals surface area contributed by atoms with E-state index in [0.717, 1.165) is 44.4 Å². The second-order valence-corrected chi connectivity index (χ2v) is 4.96. The molecule has 19 heavy (non-hydrogen) atoms. The van der Waals surface area contributed by atoms with E-state index in [1.54, 1.807) is 7.11 Å². The van der Waals surface area contributed by atoms with Crippen molar-refractivity contribution in [3.63, 3.8) is 0 Å². The Labute approximate surface area is 116 Å². The monoisotopic (exact) mass is 268 g/mol. The van der Waals surface area contributed by atoms with E-state index in [1.165, 1.54) is 0 Å². The number of nitrogens with one attached hydrogen (secondary N) is 1. The summed E-state index contributed by atoms with van der Waals surface area (Å²) in [6.07, 6.45) is 7.19. The van der Waals surface area contributed by atoms with Gasteiger partial charge in [0.1, 0.15) is 0 Å². The van der Waals surface area contributed by atoms with E-state index < -0.39 is 0 Å². The summed E-state index contributed by atoms with van der Waals surface area (Å²) in [5.41, 5.74) is 3.98. The number of hydrazine groups is 1. The summed E-state index contributed by atoms with van der Waals surface area (Å²) in [6, 6.07) is 2.87. The van der Waals surface area contributed by atoms with Crippen molar-refractivity contribution in [2.45, 2.75) is 58.0 Å². The molecule has 0 aliphatic carbocycles. The van der Waals surface area contributed by atoms with Crippen LogP contribution in [0.5, 0.6) is 0 Å². The van der Waals surface area contributed by atoms with E-state index in [-0.39, 0.29) is 6.04 Å². The van der Waals surface area contributed by atoms with Crippen LogP contribution in [-0.4, -0.2) is 29.5 Å². The van der Waals surface area contributed by atoms with Gasteiger partial charge in [0.15, 0.2) is 0 Å². The van der Waals surface area contributed by atoms with Gasteiger partial charge in [-0.15, -0.1) is 0 Å². The zero-order valence-electron chi connectivity index (χ0n) is 12.4. The van der Waals surface area contributed by atoms with Crippen LogP contribution in [0.1, 0.15) is 51.3 Å². The number of hydrogen-bond donors (Lipinski definition) is 2. The summed E-state index contributed by atoms with van der Waals surface area (Å²) < 4.78 is 7.14. The molecule has 0 bridgehead atoms. The van der Waals surface area contributed by atoms with Crippen LogP contribution in [0.25, 0.3) is 0 Å². The molecule has 0 fully saturated rings. The Bertz CT molecular complexity index is 336. The highest BCUT2D eigenvalue weighted by atomic mass is 16.5. The van der Waals surface area contributed by atoms with Gasteiger partial charge >= 0.3 is 0 Å². The number of nitrogens with zero attached hydrogens (tertiary/aromatic N) is 2. The second-order valence-electron chi connectivity index (χ2n) is 4.96. The third kappa shape index (κ3) is 5.30. The fourth-order valence-electron chi connectivity index (χ4n) is 2.32. The van der Waals surface area contributed by atoms with Crippen LogP contribution in [0, 0.1) is 0 Å². The second kappa shape index (κ2) is 9.07. The molecule has 0 amide bonds. The summed E-state index contributed by atoms with van der Waals surface area (Å²) in [5.74, 6) is 5.60. The molecule has 0 aliphatic rings. The summed E-state index contributed by atoms with van der Waals surface area (Å²) in [6.45, 7) is 5.18. The third-order valence-corrected chi connectivity index (χ3v) is 3.57. The number of hydrogen-bond acceptors (Lipinski definition) is 4. The van der Waals surface area contributed by atoms with Crippen LogP contribution in [0.2, 0.25) is 0 Å². The average Bonchev–Trinajstić information content (AvgIpc) is 2.88. The van der Waals surface area contributed by atoms with Crippen molar-refractivity contribution in [2.75, 3.05) is 13.7 Å². The molecule has 5 nitrogen and oxygen atoms in total. The number of methoxy groups -OCH3 is 1. The molecule has 1 heterocycles. The van der Waals surface area contributed by atoms with E-state index in [9.17, 15) is 0 Å².